The highest BCUT2D eigenvalue weighted by Gasteiger charge is 2.37. The van der Waals surface area contributed by atoms with Crippen molar-refractivity contribution in [3.63, 3.8) is 0 Å². The Balaban J connectivity index is 1.16. The summed E-state index contributed by atoms with van der Waals surface area (Å²) in [6, 6.07) is 20.3. The molecule has 0 N–H and O–H groups in total. The zero-order valence-corrected chi connectivity index (χ0v) is 20.1. The number of carbonyl (C=O) groups is 2. The summed E-state index contributed by atoms with van der Waals surface area (Å²) in [5, 5.41) is 0.611. The summed E-state index contributed by atoms with van der Waals surface area (Å²) in [4.78, 5) is 44.6. The number of amides is 2. The van der Waals surface area contributed by atoms with Crippen LogP contribution in [0.5, 0.6) is 0 Å². The average molecular weight is 491 g/mol. The van der Waals surface area contributed by atoms with Gasteiger partial charge in [0.15, 0.2) is 0 Å². The quantitative estimate of drug-likeness (QED) is 0.551. The number of carbonyl (C=O) groups excluding carboxylic acids is 2. The van der Waals surface area contributed by atoms with Gasteiger partial charge >= 0.3 is 0 Å². The molecule has 0 radical (unpaired) electrons. The van der Waals surface area contributed by atoms with Crippen LogP contribution in [-0.2, 0) is 6.54 Å². The standard InChI is InChI=1S/C27H27ClN4O3/c28-22-9-4-6-20(16-22)17-31-11-5-10-24(26(31)34)27(35)32-18-23(19-32)29-12-14-30(15-13-29)25(33)21-7-2-1-3-8-21/h1-11,16,23H,12-15,17-19H2. The minimum absolute atomic E-state index is 0.0637. The third kappa shape index (κ3) is 5.01. The number of rotatable bonds is 5. The molecule has 0 atom stereocenters. The molecule has 35 heavy (non-hydrogen) atoms. The van der Waals surface area contributed by atoms with Crippen LogP contribution in [0.3, 0.4) is 0 Å². The van der Waals surface area contributed by atoms with Gasteiger partial charge in [-0.25, -0.2) is 0 Å². The monoisotopic (exact) mass is 490 g/mol. The zero-order chi connectivity index (χ0) is 24.4. The van der Waals surface area contributed by atoms with Crippen LogP contribution in [0.25, 0.3) is 0 Å². The number of halogens is 1. The lowest BCUT2D eigenvalue weighted by Crippen LogP contribution is -2.64. The summed E-state index contributed by atoms with van der Waals surface area (Å²) >= 11 is 6.06. The zero-order valence-electron chi connectivity index (χ0n) is 19.3. The van der Waals surface area contributed by atoms with E-state index in [9.17, 15) is 14.4 Å². The molecule has 0 spiro atoms. The summed E-state index contributed by atoms with van der Waals surface area (Å²) in [6.45, 7) is 4.44. The first-order valence-electron chi connectivity index (χ1n) is 11.8. The van der Waals surface area contributed by atoms with Crippen molar-refractivity contribution in [2.75, 3.05) is 39.3 Å². The molecule has 2 aromatic carbocycles. The van der Waals surface area contributed by atoms with Crippen LogP contribution in [0, 0.1) is 0 Å². The van der Waals surface area contributed by atoms with Gasteiger partial charge in [-0.05, 0) is 42.0 Å². The van der Waals surface area contributed by atoms with Crippen molar-refractivity contribution in [2.24, 2.45) is 0 Å². The van der Waals surface area contributed by atoms with E-state index in [-0.39, 0.29) is 29.0 Å². The molecule has 180 valence electrons. The van der Waals surface area contributed by atoms with Crippen molar-refractivity contribution in [1.82, 2.24) is 19.3 Å². The fraction of sp³-hybridized carbons (Fsp3) is 0.296. The van der Waals surface area contributed by atoms with E-state index < -0.39 is 0 Å². The van der Waals surface area contributed by atoms with E-state index in [2.05, 4.69) is 4.90 Å². The fourth-order valence-electron chi connectivity index (χ4n) is 4.73. The van der Waals surface area contributed by atoms with Gasteiger partial charge in [-0.15, -0.1) is 0 Å². The van der Waals surface area contributed by atoms with Gasteiger partial charge in [-0.1, -0.05) is 41.9 Å². The fourth-order valence-corrected chi connectivity index (χ4v) is 4.94. The minimum Gasteiger partial charge on any atom is -0.336 e. The molecule has 0 bridgehead atoms. The summed E-state index contributed by atoms with van der Waals surface area (Å²) in [5.41, 5.74) is 1.50. The Morgan fingerprint density at radius 1 is 0.829 bits per heavy atom. The van der Waals surface area contributed by atoms with E-state index in [1.165, 1.54) is 0 Å². The number of likely N-dealkylation sites (tertiary alicyclic amines) is 1. The molecule has 5 rings (SSSR count). The van der Waals surface area contributed by atoms with Gasteiger partial charge in [-0.3, -0.25) is 19.3 Å². The predicted octanol–water partition coefficient (Wildman–Crippen LogP) is 2.83. The Morgan fingerprint density at radius 3 is 2.29 bits per heavy atom. The van der Waals surface area contributed by atoms with Crippen LogP contribution < -0.4 is 5.56 Å². The molecule has 2 amide bonds. The van der Waals surface area contributed by atoms with Gasteiger partial charge in [0.1, 0.15) is 5.56 Å². The van der Waals surface area contributed by atoms with Crippen molar-refractivity contribution in [3.8, 4) is 0 Å². The molecule has 2 aliphatic rings. The third-order valence-electron chi connectivity index (χ3n) is 6.78. The Labute approximate surface area is 209 Å². The lowest BCUT2D eigenvalue weighted by molar-refractivity contribution is 0.00841. The second-order valence-corrected chi connectivity index (χ2v) is 9.48. The molecule has 0 saturated carbocycles. The average Bonchev–Trinajstić information content (AvgIpc) is 2.85. The van der Waals surface area contributed by atoms with Crippen LogP contribution >= 0.6 is 11.6 Å². The Hall–Kier alpha value is -3.42. The number of pyridine rings is 1. The van der Waals surface area contributed by atoms with Crippen molar-refractivity contribution < 1.29 is 9.59 Å². The first kappa shape index (κ1) is 23.3. The SMILES string of the molecule is O=C(c1ccccc1)N1CCN(C2CN(C(=O)c3cccn(Cc4cccc(Cl)c4)c3=O)C2)CC1. The topological polar surface area (TPSA) is 65.9 Å². The van der Waals surface area contributed by atoms with Crippen molar-refractivity contribution in [3.05, 3.63) is 105 Å². The van der Waals surface area contributed by atoms with Gasteiger partial charge in [0, 0.05) is 62.1 Å². The Bertz CT molecular complexity index is 1280. The predicted molar refractivity (Wildman–Crippen MR) is 135 cm³/mol. The first-order valence-corrected chi connectivity index (χ1v) is 12.2. The third-order valence-corrected chi connectivity index (χ3v) is 7.02. The number of hydrogen-bond donors (Lipinski definition) is 0. The number of hydrogen-bond acceptors (Lipinski definition) is 4. The summed E-state index contributed by atoms with van der Waals surface area (Å²) in [7, 11) is 0. The van der Waals surface area contributed by atoms with Gasteiger partial charge in [0.25, 0.3) is 17.4 Å². The number of nitrogens with zero attached hydrogens (tertiary/aromatic N) is 4. The van der Waals surface area contributed by atoms with E-state index in [1.807, 2.05) is 53.4 Å². The molecule has 1 aromatic heterocycles. The maximum absolute atomic E-state index is 13.1. The number of piperazine rings is 1. The van der Waals surface area contributed by atoms with E-state index >= 15 is 0 Å². The molecular formula is C27H27ClN4O3. The maximum Gasteiger partial charge on any atom is 0.263 e. The normalized spacial score (nSPS) is 16.7. The van der Waals surface area contributed by atoms with E-state index in [0.717, 1.165) is 18.7 Å². The molecule has 7 nitrogen and oxygen atoms in total. The second-order valence-electron chi connectivity index (χ2n) is 9.04. The number of aromatic nitrogens is 1. The largest absolute Gasteiger partial charge is 0.336 e. The highest BCUT2D eigenvalue weighted by atomic mass is 35.5. The van der Waals surface area contributed by atoms with E-state index in [0.29, 0.717) is 43.3 Å². The molecule has 3 heterocycles. The molecule has 2 aliphatic heterocycles. The maximum atomic E-state index is 13.1. The lowest BCUT2D eigenvalue weighted by atomic mass is 10.0. The van der Waals surface area contributed by atoms with Crippen molar-refractivity contribution in [2.45, 2.75) is 12.6 Å². The van der Waals surface area contributed by atoms with Gasteiger partial charge in [0.2, 0.25) is 0 Å². The van der Waals surface area contributed by atoms with Gasteiger partial charge in [-0.2, -0.15) is 0 Å². The van der Waals surface area contributed by atoms with E-state index in [4.69, 9.17) is 11.6 Å². The van der Waals surface area contributed by atoms with Crippen molar-refractivity contribution in [1.29, 1.82) is 0 Å². The van der Waals surface area contributed by atoms with Gasteiger partial charge in [0.05, 0.1) is 6.54 Å². The first-order chi connectivity index (χ1) is 17.0. The minimum atomic E-state index is -0.297. The van der Waals surface area contributed by atoms with Crippen molar-refractivity contribution >= 4 is 23.4 Å². The van der Waals surface area contributed by atoms with Crippen LogP contribution in [0.4, 0.5) is 0 Å². The highest BCUT2D eigenvalue weighted by molar-refractivity contribution is 6.30. The Kier molecular flexibility index (Phi) is 6.70. The summed E-state index contributed by atoms with van der Waals surface area (Å²) in [6.07, 6.45) is 1.69. The summed E-state index contributed by atoms with van der Waals surface area (Å²) in [5.74, 6) is -0.168. The molecule has 0 aliphatic carbocycles. The Morgan fingerprint density at radius 2 is 1.57 bits per heavy atom. The molecule has 2 saturated heterocycles. The summed E-state index contributed by atoms with van der Waals surface area (Å²) < 4.78 is 1.54. The number of benzene rings is 2. The molecular weight excluding hydrogens is 464 g/mol. The van der Waals surface area contributed by atoms with Crippen LogP contribution in [-0.4, -0.2) is 76.4 Å². The molecule has 2 fully saturated rings. The molecule has 0 unspecified atom stereocenters. The second kappa shape index (κ2) is 10.1. The lowest BCUT2D eigenvalue weighted by Gasteiger charge is -2.48. The molecule has 3 aromatic rings. The van der Waals surface area contributed by atoms with Gasteiger partial charge < -0.3 is 14.4 Å². The highest BCUT2D eigenvalue weighted by Crippen LogP contribution is 2.20. The molecule has 8 heteroatoms. The van der Waals surface area contributed by atoms with Crippen LogP contribution in [0.1, 0.15) is 26.3 Å². The van der Waals surface area contributed by atoms with E-state index in [1.54, 1.807) is 33.9 Å². The van der Waals surface area contributed by atoms with Crippen LogP contribution in [0.2, 0.25) is 5.02 Å². The smallest absolute Gasteiger partial charge is 0.263 e. The van der Waals surface area contributed by atoms with Crippen LogP contribution in [0.15, 0.2) is 77.7 Å².